The minimum Gasteiger partial charge on any atom is -0.477 e. The lowest BCUT2D eigenvalue weighted by atomic mass is 10.0. The third kappa shape index (κ3) is 31.3. The van der Waals surface area contributed by atoms with Gasteiger partial charge in [0.15, 0.2) is 12.1 Å². The SMILES string of the molecule is CC/C=C/C=C/C=C/C=C/CCCCCC(=O)OCC(COCCC(C(=O)O)[N+](C)(C)C)OC(=O)CCCCCCCCCCCCCCC. The highest BCUT2D eigenvalue weighted by atomic mass is 16.6. The molecular formula is C42H74NO7+. The van der Waals surface area contributed by atoms with Crippen LogP contribution in [0.1, 0.15) is 149 Å². The number of quaternary nitrogens is 1. The number of carbonyl (C=O) groups is 3. The summed E-state index contributed by atoms with van der Waals surface area (Å²) in [6.45, 7) is 4.54. The van der Waals surface area contributed by atoms with Crippen molar-refractivity contribution in [3.63, 3.8) is 0 Å². The monoisotopic (exact) mass is 705 g/mol. The number of carboxylic acids is 1. The number of unbranched alkanes of at least 4 members (excludes halogenated alkanes) is 15. The number of hydrogen-bond donors (Lipinski definition) is 1. The predicted molar refractivity (Wildman–Crippen MR) is 206 cm³/mol. The van der Waals surface area contributed by atoms with E-state index in [1.165, 1.54) is 64.2 Å². The Bertz CT molecular complexity index is 964. The molecular weight excluding hydrogens is 630 g/mol. The van der Waals surface area contributed by atoms with E-state index in [2.05, 4.69) is 26.0 Å². The van der Waals surface area contributed by atoms with E-state index in [1.54, 1.807) is 0 Å². The number of hydrogen-bond acceptors (Lipinski definition) is 6. The number of aliphatic carboxylic acids is 1. The maximum Gasteiger partial charge on any atom is 0.362 e. The zero-order chi connectivity index (χ0) is 37.1. The molecule has 0 aromatic rings. The summed E-state index contributed by atoms with van der Waals surface area (Å²) >= 11 is 0. The van der Waals surface area contributed by atoms with Crippen LogP contribution in [-0.4, -0.2) is 80.6 Å². The lowest BCUT2D eigenvalue weighted by molar-refractivity contribution is -0.887. The molecule has 0 aliphatic rings. The second-order valence-corrected chi connectivity index (χ2v) is 14.3. The molecule has 0 aliphatic carbocycles. The molecule has 2 atom stereocenters. The minimum absolute atomic E-state index is 0.0487. The standard InChI is InChI=1S/C42H73NO7/c1-6-8-10-12-14-16-18-20-22-24-26-28-30-32-40(44)49-37-38(36-48-35-34-39(42(46)47)43(3,4)5)50-41(45)33-31-29-27-25-23-21-19-17-15-13-11-9-7-2/h8,10,12,14,16,18,20,22,38-39H,6-7,9,11,13,15,17,19,21,23-37H2,1-5H3/p+1/b10-8+,14-12+,18-16+,22-20+. The molecule has 0 fully saturated rings. The Labute approximate surface area is 306 Å². The van der Waals surface area contributed by atoms with Crippen LogP contribution >= 0.6 is 0 Å². The third-order valence-electron chi connectivity index (χ3n) is 8.59. The van der Waals surface area contributed by atoms with Gasteiger partial charge in [-0.15, -0.1) is 0 Å². The zero-order valence-corrected chi connectivity index (χ0v) is 32.6. The van der Waals surface area contributed by atoms with Crippen LogP contribution in [0.5, 0.6) is 0 Å². The van der Waals surface area contributed by atoms with Crippen LogP contribution in [0.4, 0.5) is 0 Å². The predicted octanol–water partition coefficient (Wildman–Crippen LogP) is 10.1. The van der Waals surface area contributed by atoms with E-state index in [0.717, 1.165) is 51.4 Å². The van der Waals surface area contributed by atoms with Crippen molar-refractivity contribution < 1.29 is 38.2 Å². The van der Waals surface area contributed by atoms with Crippen LogP contribution in [-0.2, 0) is 28.6 Å². The highest BCUT2D eigenvalue weighted by Crippen LogP contribution is 2.14. The molecule has 0 saturated carbocycles. The number of rotatable bonds is 34. The van der Waals surface area contributed by atoms with Gasteiger partial charge in [-0.2, -0.15) is 0 Å². The van der Waals surface area contributed by atoms with E-state index in [9.17, 15) is 19.5 Å². The molecule has 0 aliphatic heterocycles. The quantitative estimate of drug-likeness (QED) is 0.0308. The Kier molecular flexibility index (Phi) is 31.6. The van der Waals surface area contributed by atoms with Crippen LogP contribution in [0.15, 0.2) is 48.6 Å². The first-order valence-corrected chi connectivity index (χ1v) is 19.7. The van der Waals surface area contributed by atoms with Crippen LogP contribution in [0.25, 0.3) is 0 Å². The second-order valence-electron chi connectivity index (χ2n) is 14.3. The van der Waals surface area contributed by atoms with E-state index in [4.69, 9.17) is 14.2 Å². The number of carboxylic acid groups (broad SMARTS) is 1. The molecule has 8 heteroatoms. The molecule has 2 unspecified atom stereocenters. The molecule has 0 heterocycles. The van der Waals surface area contributed by atoms with E-state index in [1.807, 2.05) is 57.6 Å². The molecule has 0 amide bonds. The topological polar surface area (TPSA) is 99.1 Å². The molecule has 0 bridgehead atoms. The van der Waals surface area contributed by atoms with Gasteiger partial charge in [-0.05, 0) is 32.1 Å². The summed E-state index contributed by atoms with van der Waals surface area (Å²) in [5.74, 6) is -1.52. The first kappa shape index (κ1) is 47.3. The Morgan fingerprint density at radius 2 is 1.12 bits per heavy atom. The first-order valence-electron chi connectivity index (χ1n) is 19.7. The summed E-state index contributed by atoms with van der Waals surface area (Å²) in [6.07, 6.45) is 37.2. The van der Waals surface area contributed by atoms with E-state index in [-0.39, 0.29) is 36.2 Å². The van der Waals surface area contributed by atoms with Crippen LogP contribution in [0.3, 0.4) is 0 Å². The van der Waals surface area contributed by atoms with Crippen molar-refractivity contribution in [2.24, 2.45) is 0 Å². The van der Waals surface area contributed by atoms with Gasteiger partial charge in [0.25, 0.3) is 0 Å². The molecule has 0 aromatic carbocycles. The summed E-state index contributed by atoms with van der Waals surface area (Å²) in [6, 6.07) is -0.619. The van der Waals surface area contributed by atoms with Gasteiger partial charge in [0.2, 0.25) is 0 Å². The molecule has 0 rings (SSSR count). The van der Waals surface area contributed by atoms with Crippen molar-refractivity contribution in [1.82, 2.24) is 0 Å². The van der Waals surface area contributed by atoms with Crippen LogP contribution in [0.2, 0.25) is 0 Å². The van der Waals surface area contributed by atoms with Gasteiger partial charge in [0, 0.05) is 19.3 Å². The summed E-state index contributed by atoms with van der Waals surface area (Å²) in [5, 5.41) is 9.58. The van der Waals surface area contributed by atoms with Gasteiger partial charge in [-0.1, -0.05) is 146 Å². The average molecular weight is 705 g/mol. The molecule has 288 valence electrons. The first-order chi connectivity index (χ1) is 24.1. The van der Waals surface area contributed by atoms with E-state index >= 15 is 0 Å². The van der Waals surface area contributed by atoms with E-state index < -0.39 is 18.1 Å². The summed E-state index contributed by atoms with van der Waals surface area (Å²) in [4.78, 5) is 36.8. The Balaban J connectivity index is 4.47. The molecule has 8 nitrogen and oxygen atoms in total. The maximum absolute atomic E-state index is 12.7. The fraction of sp³-hybridized carbons (Fsp3) is 0.738. The largest absolute Gasteiger partial charge is 0.477 e. The molecule has 50 heavy (non-hydrogen) atoms. The lowest BCUT2D eigenvalue weighted by Crippen LogP contribution is -2.50. The van der Waals surface area contributed by atoms with Crippen molar-refractivity contribution in [2.45, 2.75) is 161 Å². The minimum atomic E-state index is -0.882. The fourth-order valence-electron chi connectivity index (χ4n) is 5.51. The van der Waals surface area contributed by atoms with Crippen molar-refractivity contribution in [1.29, 1.82) is 0 Å². The van der Waals surface area contributed by atoms with Gasteiger partial charge < -0.3 is 23.8 Å². The second kappa shape index (κ2) is 33.4. The van der Waals surface area contributed by atoms with Gasteiger partial charge >= 0.3 is 17.9 Å². The number of carbonyl (C=O) groups excluding carboxylic acids is 2. The smallest absolute Gasteiger partial charge is 0.362 e. The highest BCUT2D eigenvalue weighted by molar-refractivity contribution is 5.72. The fourth-order valence-corrected chi connectivity index (χ4v) is 5.51. The van der Waals surface area contributed by atoms with Gasteiger partial charge in [-0.3, -0.25) is 9.59 Å². The van der Waals surface area contributed by atoms with Crippen molar-refractivity contribution in [3.8, 4) is 0 Å². The summed E-state index contributed by atoms with van der Waals surface area (Å²) < 4.78 is 17.2. The highest BCUT2D eigenvalue weighted by Gasteiger charge is 2.31. The summed E-state index contributed by atoms with van der Waals surface area (Å²) in [7, 11) is 5.50. The number of nitrogens with zero attached hydrogens (tertiary/aromatic N) is 1. The van der Waals surface area contributed by atoms with Crippen LogP contribution in [0, 0.1) is 0 Å². The third-order valence-corrected chi connectivity index (χ3v) is 8.59. The molecule has 0 aromatic heterocycles. The Morgan fingerprint density at radius 3 is 1.66 bits per heavy atom. The number of esters is 2. The average Bonchev–Trinajstić information content (AvgIpc) is 3.06. The summed E-state index contributed by atoms with van der Waals surface area (Å²) in [5.41, 5.74) is 0. The van der Waals surface area contributed by atoms with Crippen molar-refractivity contribution in [2.75, 3.05) is 41.0 Å². The normalized spacial score (nSPS) is 13.5. The number of ether oxygens (including phenoxy) is 3. The molecule has 0 spiro atoms. The van der Waals surface area contributed by atoms with Gasteiger partial charge in [-0.25, -0.2) is 4.79 Å². The Hall–Kier alpha value is -2.71. The van der Waals surface area contributed by atoms with Gasteiger partial charge in [0.05, 0.1) is 34.4 Å². The zero-order valence-electron chi connectivity index (χ0n) is 32.6. The molecule has 1 N–H and O–H groups in total. The van der Waals surface area contributed by atoms with Gasteiger partial charge in [0.1, 0.15) is 6.61 Å². The lowest BCUT2D eigenvalue weighted by Gasteiger charge is -2.31. The number of allylic oxidation sites excluding steroid dienone is 8. The van der Waals surface area contributed by atoms with Crippen molar-refractivity contribution in [3.05, 3.63) is 48.6 Å². The van der Waals surface area contributed by atoms with Crippen molar-refractivity contribution >= 4 is 17.9 Å². The van der Waals surface area contributed by atoms with Crippen LogP contribution < -0.4 is 0 Å². The maximum atomic E-state index is 12.7. The number of likely N-dealkylation sites (N-methyl/N-ethyl adjacent to an activating group) is 1. The molecule has 0 radical (unpaired) electrons. The Morgan fingerprint density at radius 1 is 0.620 bits per heavy atom. The van der Waals surface area contributed by atoms with E-state index in [0.29, 0.717) is 19.3 Å². The molecule has 0 saturated heterocycles.